The maximum Gasteiger partial charge on any atom is 0.207 e. The van der Waals surface area contributed by atoms with E-state index in [0.717, 1.165) is 17.2 Å². The molecule has 1 aliphatic rings. The van der Waals surface area contributed by atoms with Crippen LogP contribution in [0.4, 0.5) is 11.6 Å². The second-order valence-electron chi connectivity index (χ2n) is 5.30. The number of aromatic nitrogens is 2. The second-order valence-corrected chi connectivity index (χ2v) is 6.12. The molecule has 1 aromatic carbocycles. The van der Waals surface area contributed by atoms with Crippen LogP contribution < -0.4 is 5.32 Å². The van der Waals surface area contributed by atoms with E-state index in [4.69, 9.17) is 23.2 Å². The minimum absolute atomic E-state index is 0.541. The summed E-state index contributed by atoms with van der Waals surface area (Å²) >= 11 is 12.4. The van der Waals surface area contributed by atoms with Gasteiger partial charge in [-0.05, 0) is 37.5 Å². The zero-order valence-corrected chi connectivity index (χ0v) is 12.9. The number of benzene rings is 1. The molecule has 1 aromatic heterocycles. The van der Waals surface area contributed by atoms with Crippen molar-refractivity contribution < 1.29 is 0 Å². The maximum absolute atomic E-state index is 6.27. The van der Waals surface area contributed by atoms with Crippen molar-refractivity contribution in [2.75, 3.05) is 5.32 Å². The van der Waals surface area contributed by atoms with Crippen LogP contribution in [0.3, 0.4) is 0 Å². The molecule has 1 heterocycles. The van der Waals surface area contributed by atoms with Crippen LogP contribution in [0.1, 0.15) is 37.3 Å². The number of imidazole rings is 1. The van der Waals surface area contributed by atoms with Gasteiger partial charge in [-0.15, -0.1) is 0 Å². The number of nitrogens with zero attached hydrogens (tertiary/aromatic N) is 2. The summed E-state index contributed by atoms with van der Waals surface area (Å²) in [6, 6.07) is 4.27. The summed E-state index contributed by atoms with van der Waals surface area (Å²) in [6.07, 6.45) is 8.87. The van der Waals surface area contributed by atoms with Crippen LogP contribution >= 0.6 is 23.2 Å². The van der Waals surface area contributed by atoms with Crippen LogP contribution in [0, 0.1) is 6.92 Å². The Morgan fingerprint density at radius 3 is 2.70 bits per heavy atom. The molecule has 2 aromatic rings. The number of halogens is 2. The van der Waals surface area contributed by atoms with Gasteiger partial charge >= 0.3 is 0 Å². The highest BCUT2D eigenvalue weighted by Crippen LogP contribution is 2.34. The highest BCUT2D eigenvalue weighted by atomic mass is 35.5. The van der Waals surface area contributed by atoms with Gasteiger partial charge in [0.25, 0.3) is 0 Å². The molecule has 20 heavy (non-hydrogen) atoms. The fourth-order valence-electron chi connectivity index (χ4n) is 2.75. The fourth-order valence-corrected chi connectivity index (χ4v) is 3.18. The van der Waals surface area contributed by atoms with Gasteiger partial charge in [0.15, 0.2) is 0 Å². The van der Waals surface area contributed by atoms with Crippen molar-refractivity contribution in [1.82, 2.24) is 9.55 Å². The Bertz CT molecular complexity index is 616. The normalized spacial score (nSPS) is 15.8. The predicted molar refractivity (Wildman–Crippen MR) is 84.2 cm³/mol. The topological polar surface area (TPSA) is 29.9 Å². The highest BCUT2D eigenvalue weighted by molar-refractivity contribution is 6.35. The number of aryl methyl sites for hydroxylation is 1. The molecule has 0 amide bonds. The summed E-state index contributed by atoms with van der Waals surface area (Å²) < 4.78 is 2.21. The first-order chi connectivity index (χ1) is 9.65. The third-order valence-electron chi connectivity index (χ3n) is 3.88. The molecule has 0 unspecified atom stereocenters. The van der Waals surface area contributed by atoms with Crippen molar-refractivity contribution in [1.29, 1.82) is 0 Å². The molecule has 0 radical (unpaired) electrons. The van der Waals surface area contributed by atoms with Crippen LogP contribution in [0.2, 0.25) is 10.0 Å². The first kappa shape index (κ1) is 13.8. The standard InChI is InChI=1S/C15H17Cl2N3/c1-10-8-13(17)14(9-12(10)16)19-15-18-6-7-20(15)11-4-2-3-5-11/h6-9,11H,2-5H2,1H3,(H,18,19). The van der Waals surface area contributed by atoms with Gasteiger partial charge in [0.05, 0.1) is 10.7 Å². The SMILES string of the molecule is Cc1cc(Cl)c(Nc2nccn2C2CCCC2)cc1Cl. The minimum Gasteiger partial charge on any atom is -0.324 e. The number of hydrogen-bond acceptors (Lipinski definition) is 2. The quantitative estimate of drug-likeness (QED) is 0.827. The average molecular weight is 310 g/mol. The lowest BCUT2D eigenvalue weighted by Gasteiger charge is -2.16. The van der Waals surface area contributed by atoms with E-state index in [-0.39, 0.29) is 0 Å². The van der Waals surface area contributed by atoms with E-state index in [2.05, 4.69) is 14.9 Å². The van der Waals surface area contributed by atoms with Crippen molar-refractivity contribution >= 4 is 34.8 Å². The van der Waals surface area contributed by atoms with Crippen LogP contribution in [0.25, 0.3) is 0 Å². The Hall–Kier alpha value is -1.19. The molecule has 0 bridgehead atoms. The summed E-state index contributed by atoms with van der Waals surface area (Å²) in [5, 5.41) is 4.67. The van der Waals surface area contributed by atoms with E-state index in [1.54, 1.807) is 0 Å². The second kappa shape index (κ2) is 5.66. The largest absolute Gasteiger partial charge is 0.324 e. The molecule has 1 aliphatic carbocycles. The highest BCUT2D eigenvalue weighted by Gasteiger charge is 2.19. The van der Waals surface area contributed by atoms with E-state index < -0.39 is 0 Å². The average Bonchev–Trinajstić information content (AvgIpc) is 3.06. The van der Waals surface area contributed by atoms with E-state index in [1.165, 1.54) is 25.7 Å². The fraction of sp³-hybridized carbons (Fsp3) is 0.400. The van der Waals surface area contributed by atoms with E-state index in [9.17, 15) is 0 Å². The molecule has 5 heteroatoms. The van der Waals surface area contributed by atoms with Crippen molar-refractivity contribution in [3.63, 3.8) is 0 Å². The monoisotopic (exact) mass is 309 g/mol. The molecule has 1 fully saturated rings. The molecular formula is C15H17Cl2N3. The summed E-state index contributed by atoms with van der Waals surface area (Å²) in [7, 11) is 0. The van der Waals surface area contributed by atoms with Gasteiger partial charge in [-0.25, -0.2) is 4.98 Å². The van der Waals surface area contributed by atoms with Crippen molar-refractivity contribution in [2.24, 2.45) is 0 Å². The lowest BCUT2D eigenvalue weighted by Crippen LogP contribution is -2.08. The molecule has 0 atom stereocenters. The van der Waals surface area contributed by atoms with E-state index in [0.29, 0.717) is 16.1 Å². The van der Waals surface area contributed by atoms with Gasteiger partial charge in [-0.1, -0.05) is 36.0 Å². The first-order valence-electron chi connectivity index (χ1n) is 6.90. The Kier molecular flexibility index (Phi) is 3.90. The van der Waals surface area contributed by atoms with E-state index in [1.807, 2.05) is 31.5 Å². The number of hydrogen-bond donors (Lipinski definition) is 1. The van der Waals surface area contributed by atoms with Crippen LogP contribution in [0.15, 0.2) is 24.5 Å². The zero-order valence-electron chi connectivity index (χ0n) is 11.4. The Labute approximate surface area is 128 Å². The number of rotatable bonds is 3. The van der Waals surface area contributed by atoms with Crippen molar-refractivity contribution in [3.8, 4) is 0 Å². The third-order valence-corrected chi connectivity index (χ3v) is 4.60. The summed E-state index contributed by atoms with van der Waals surface area (Å²) in [4.78, 5) is 4.40. The van der Waals surface area contributed by atoms with Gasteiger partial charge in [-0.3, -0.25) is 0 Å². The molecule has 3 nitrogen and oxygen atoms in total. The minimum atomic E-state index is 0.541. The first-order valence-corrected chi connectivity index (χ1v) is 7.66. The van der Waals surface area contributed by atoms with Crippen LogP contribution in [-0.4, -0.2) is 9.55 Å². The molecule has 1 saturated carbocycles. The van der Waals surface area contributed by atoms with Gasteiger partial charge in [0.2, 0.25) is 5.95 Å². The summed E-state index contributed by atoms with van der Waals surface area (Å²) in [5.74, 6) is 0.832. The smallest absolute Gasteiger partial charge is 0.207 e. The van der Waals surface area contributed by atoms with Crippen LogP contribution in [0.5, 0.6) is 0 Å². The molecule has 0 aliphatic heterocycles. The molecule has 0 saturated heterocycles. The van der Waals surface area contributed by atoms with Gasteiger partial charge in [0, 0.05) is 23.5 Å². The summed E-state index contributed by atoms with van der Waals surface area (Å²) in [6.45, 7) is 1.94. The lowest BCUT2D eigenvalue weighted by atomic mass is 10.2. The van der Waals surface area contributed by atoms with Crippen LogP contribution in [-0.2, 0) is 0 Å². The third kappa shape index (κ3) is 2.65. The van der Waals surface area contributed by atoms with Crippen molar-refractivity contribution in [3.05, 3.63) is 40.1 Å². The van der Waals surface area contributed by atoms with Gasteiger partial charge in [0.1, 0.15) is 0 Å². The predicted octanol–water partition coefficient (Wildman–Crippen LogP) is 5.36. The zero-order chi connectivity index (χ0) is 14.1. The molecule has 106 valence electrons. The Balaban J connectivity index is 1.88. The Morgan fingerprint density at radius 1 is 1.20 bits per heavy atom. The molecule has 0 spiro atoms. The molecule has 3 rings (SSSR count). The summed E-state index contributed by atoms with van der Waals surface area (Å²) in [5.41, 5.74) is 1.77. The van der Waals surface area contributed by atoms with Crippen molar-refractivity contribution in [2.45, 2.75) is 38.6 Å². The number of nitrogens with one attached hydrogen (secondary N) is 1. The number of anilines is 2. The molecular weight excluding hydrogens is 293 g/mol. The lowest BCUT2D eigenvalue weighted by molar-refractivity contribution is 0.525. The molecule has 1 N–H and O–H groups in total. The maximum atomic E-state index is 6.27. The van der Waals surface area contributed by atoms with Gasteiger partial charge < -0.3 is 9.88 Å². The van der Waals surface area contributed by atoms with Gasteiger partial charge in [-0.2, -0.15) is 0 Å². The van der Waals surface area contributed by atoms with E-state index >= 15 is 0 Å². The Morgan fingerprint density at radius 2 is 1.95 bits per heavy atom.